The van der Waals surface area contributed by atoms with Crippen LogP contribution in [0.4, 0.5) is 24.7 Å². The fourth-order valence-electron chi connectivity index (χ4n) is 5.09. The summed E-state index contributed by atoms with van der Waals surface area (Å²) in [6.07, 6.45) is 0.560. The topological polar surface area (TPSA) is 84.4 Å². The number of ether oxygens (including phenoxy) is 3. The van der Waals surface area contributed by atoms with Crippen LogP contribution in [0.15, 0.2) is 47.4 Å². The van der Waals surface area contributed by atoms with Crippen LogP contribution in [0, 0.1) is 17.6 Å². The number of nitrogens with zero attached hydrogens (tertiary/aromatic N) is 4. The van der Waals surface area contributed by atoms with Gasteiger partial charge >= 0.3 is 0 Å². The first-order valence-electron chi connectivity index (χ1n) is 12.8. The van der Waals surface area contributed by atoms with Gasteiger partial charge in [-0.3, -0.25) is 0 Å². The molecule has 0 radical (unpaired) electrons. The average Bonchev–Trinajstić information content (AvgIpc) is 3.36. The van der Waals surface area contributed by atoms with Gasteiger partial charge < -0.3 is 24.0 Å². The molecule has 0 spiro atoms. The molecule has 228 valence electrons. The molecule has 0 N–H and O–H groups in total. The molecule has 2 aromatic carbocycles. The van der Waals surface area contributed by atoms with E-state index in [-0.39, 0.29) is 18.0 Å². The number of likely N-dealkylation sites (N-methyl/N-ethyl adjacent to an activating group) is 1. The van der Waals surface area contributed by atoms with Crippen molar-refractivity contribution < 1.29 is 35.8 Å². The molecule has 1 atom stereocenters. The highest BCUT2D eigenvalue weighted by Crippen LogP contribution is 2.40. The molecule has 14 heteroatoms. The number of pyridine rings is 1. The second kappa shape index (κ2) is 12.5. The van der Waals surface area contributed by atoms with Crippen molar-refractivity contribution in [3.63, 3.8) is 0 Å². The lowest BCUT2D eigenvalue weighted by Crippen LogP contribution is -2.44. The van der Waals surface area contributed by atoms with Gasteiger partial charge in [-0.2, -0.15) is 4.39 Å². The molecular weight excluding hydrogens is 597 g/mol. The third-order valence-electron chi connectivity index (χ3n) is 7.10. The molecule has 4 rings (SSSR count). The zero-order chi connectivity index (χ0) is 30.8. The molecule has 1 fully saturated rings. The van der Waals surface area contributed by atoms with Crippen LogP contribution in [0.3, 0.4) is 0 Å². The molecule has 0 saturated carbocycles. The van der Waals surface area contributed by atoms with Crippen LogP contribution in [0.25, 0.3) is 0 Å². The number of hydrogen-bond acceptors (Lipinski definition) is 8. The number of sulfonamides is 1. The first-order valence-corrected chi connectivity index (χ1v) is 14.7. The third kappa shape index (κ3) is 6.24. The number of halogens is 4. The number of benzene rings is 2. The monoisotopic (exact) mass is 628 g/mol. The summed E-state index contributed by atoms with van der Waals surface area (Å²) >= 11 is 6.39. The number of aromatic nitrogens is 1. The third-order valence-corrected chi connectivity index (χ3v) is 9.25. The minimum Gasteiger partial charge on any atom is -0.497 e. The van der Waals surface area contributed by atoms with Gasteiger partial charge in [0.15, 0.2) is 10.7 Å². The van der Waals surface area contributed by atoms with Gasteiger partial charge in [0.1, 0.15) is 28.2 Å². The van der Waals surface area contributed by atoms with E-state index in [4.69, 9.17) is 25.8 Å². The fourth-order valence-corrected chi connectivity index (χ4v) is 6.93. The van der Waals surface area contributed by atoms with E-state index >= 15 is 8.78 Å². The van der Waals surface area contributed by atoms with Crippen LogP contribution in [-0.2, 0) is 21.3 Å². The molecule has 1 saturated heterocycles. The Labute approximate surface area is 248 Å². The summed E-state index contributed by atoms with van der Waals surface area (Å²) in [6, 6.07) is 8.94. The molecule has 42 heavy (non-hydrogen) atoms. The first kappa shape index (κ1) is 31.7. The Bertz CT molecular complexity index is 1560. The normalized spacial score (nSPS) is 17.1. The van der Waals surface area contributed by atoms with Gasteiger partial charge in [0.2, 0.25) is 5.95 Å². The van der Waals surface area contributed by atoms with Crippen molar-refractivity contribution in [1.82, 2.24) is 9.88 Å². The van der Waals surface area contributed by atoms with Gasteiger partial charge in [0.25, 0.3) is 10.0 Å². The Morgan fingerprint density at radius 1 is 1.07 bits per heavy atom. The van der Waals surface area contributed by atoms with Crippen LogP contribution < -0.4 is 18.7 Å². The maximum atomic E-state index is 15.9. The quantitative estimate of drug-likeness (QED) is 0.223. The second-order valence-corrected chi connectivity index (χ2v) is 12.3. The van der Waals surface area contributed by atoms with E-state index in [0.717, 1.165) is 12.1 Å². The second-order valence-electron chi connectivity index (χ2n) is 10.1. The number of anilines is 2. The van der Waals surface area contributed by atoms with Crippen molar-refractivity contribution in [1.29, 1.82) is 0 Å². The average molecular weight is 629 g/mol. The summed E-state index contributed by atoms with van der Waals surface area (Å²) in [4.78, 5) is 5.98. The van der Waals surface area contributed by atoms with Crippen molar-refractivity contribution in [3.05, 3.63) is 70.6 Å². The summed E-state index contributed by atoms with van der Waals surface area (Å²) in [6.45, 7) is 0.711. The van der Waals surface area contributed by atoms with Gasteiger partial charge in [-0.1, -0.05) is 17.7 Å². The molecule has 1 aliphatic rings. The number of methoxy groups -OCH3 is 3. The zero-order valence-electron chi connectivity index (χ0n) is 23.8. The fraction of sp³-hybridized carbons (Fsp3) is 0.393. The lowest BCUT2D eigenvalue weighted by Gasteiger charge is -2.31. The van der Waals surface area contributed by atoms with E-state index in [9.17, 15) is 12.8 Å². The van der Waals surface area contributed by atoms with E-state index in [2.05, 4.69) is 4.98 Å². The minimum absolute atomic E-state index is 0.00412. The van der Waals surface area contributed by atoms with Crippen molar-refractivity contribution in [3.8, 4) is 11.5 Å². The molecule has 3 aromatic rings. The Morgan fingerprint density at radius 2 is 1.81 bits per heavy atom. The molecular formula is C28H32ClF3N4O5S. The minimum atomic E-state index is -5.04. The summed E-state index contributed by atoms with van der Waals surface area (Å²) in [7, 11) is 3.10. The van der Waals surface area contributed by atoms with Gasteiger partial charge in [-0.15, -0.1) is 0 Å². The summed E-state index contributed by atoms with van der Waals surface area (Å²) < 4.78 is 90.7. The number of rotatable bonds is 11. The highest BCUT2D eigenvalue weighted by Gasteiger charge is 2.41. The zero-order valence-corrected chi connectivity index (χ0v) is 25.4. The molecule has 1 aromatic heterocycles. The van der Waals surface area contributed by atoms with Gasteiger partial charge in [-0.25, -0.2) is 26.5 Å². The largest absolute Gasteiger partial charge is 0.497 e. The molecule has 0 amide bonds. The van der Waals surface area contributed by atoms with Gasteiger partial charge in [-0.05, 0) is 44.8 Å². The first-order chi connectivity index (χ1) is 19.9. The molecule has 1 aliphatic heterocycles. The molecule has 0 aliphatic carbocycles. The summed E-state index contributed by atoms with van der Waals surface area (Å²) in [5.74, 6) is -3.57. The Balaban J connectivity index is 1.79. The van der Waals surface area contributed by atoms with E-state index < -0.39 is 55.5 Å². The standard InChI is InChI=1S/C28H32ClF3N4O5S/c1-34(2)16-28(41-5)11-12-35(17-28)21-14-20(30)27(26(32)25(21)29)42(37,38)36(24-8-6-7-23(31)33-24)15-18-9-10-19(39-3)13-22(18)40-4/h6-10,13-14H,11-12,15-17H2,1-5H3/t28-/m0/s1. The van der Waals surface area contributed by atoms with Crippen molar-refractivity contribution >= 4 is 33.1 Å². The smallest absolute Gasteiger partial charge is 0.271 e. The maximum absolute atomic E-state index is 15.9. The van der Waals surface area contributed by atoms with Gasteiger partial charge in [0.05, 0.1) is 32.1 Å². The van der Waals surface area contributed by atoms with Crippen molar-refractivity contribution in [2.75, 3.05) is 64.3 Å². The molecule has 0 unspecified atom stereocenters. The summed E-state index contributed by atoms with van der Waals surface area (Å²) in [5.41, 5.74) is -0.317. The highest BCUT2D eigenvalue weighted by molar-refractivity contribution is 7.92. The van der Waals surface area contributed by atoms with E-state index in [1.54, 1.807) is 18.1 Å². The van der Waals surface area contributed by atoms with Crippen LogP contribution in [0.5, 0.6) is 11.5 Å². The summed E-state index contributed by atoms with van der Waals surface area (Å²) in [5, 5.41) is -0.569. The van der Waals surface area contributed by atoms with Gasteiger partial charge in [0, 0.05) is 44.4 Å². The van der Waals surface area contributed by atoms with Crippen molar-refractivity contribution in [2.24, 2.45) is 0 Å². The maximum Gasteiger partial charge on any atom is 0.271 e. The van der Waals surface area contributed by atoms with Crippen LogP contribution in [0.2, 0.25) is 5.02 Å². The number of hydrogen-bond donors (Lipinski definition) is 0. The van der Waals surface area contributed by atoms with Crippen LogP contribution in [-0.4, -0.2) is 79.0 Å². The molecule has 2 heterocycles. The van der Waals surface area contributed by atoms with Crippen LogP contribution in [0.1, 0.15) is 12.0 Å². The molecule has 0 bridgehead atoms. The lowest BCUT2D eigenvalue weighted by molar-refractivity contribution is -0.0100. The van der Waals surface area contributed by atoms with E-state index in [1.807, 2.05) is 19.0 Å². The van der Waals surface area contributed by atoms with E-state index in [1.165, 1.54) is 38.5 Å². The predicted octanol–water partition coefficient (Wildman–Crippen LogP) is 4.72. The molecule has 9 nitrogen and oxygen atoms in total. The van der Waals surface area contributed by atoms with Crippen molar-refractivity contribution in [2.45, 2.75) is 23.5 Å². The lowest BCUT2D eigenvalue weighted by atomic mass is 10.0. The Morgan fingerprint density at radius 3 is 2.43 bits per heavy atom. The predicted molar refractivity (Wildman–Crippen MR) is 154 cm³/mol. The highest BCUT2D eigenvalue weighted by atomic mass is 35.5. The van der Waals surface area contributed by atoms with E-state index in [0.29, 0.717) is 35.1 Å². The van der Waals surface area contributed by atoms with Crippen LogP contribution >= 0.6 is 11.6 Å². The Hall–Kier alpha value is -3.26. The Kier molecular flexibility index (Phi) is 9.46. The SMILES string of the molecule is COc1ccc(CN(c2cccc(F)n2)S(=O)(=O)c2c(F)cc(N3CC[C@@](CN(C)C)(OC)C3)c(Cl)c2F)c(OC)c1.